The molecule has 0 unspecified atom stereocenters. The first-order valence-corrected chi connectivity index (χ1v) is 9.40. The number of hydrogen-bond donors (Lipinski definition) is 0. The van der Waals surface area contributed by atoms with Gasteiger partial charge in [-0.2, -0.15) is 0 Å². The van der Waals surface area contributed by atoms with Crippen molar-refractivity contribution in [3.63, 3.8) is 0 Å². The van der Waals surface area contributed by atoms with Crippen molar-refractivity contribution < 1.29 is 24.2 Å². The summed E-state index contributed by atoms with van der Waals surface area (Å²) in [5.41, 5.74) is 1.62. The van der Waals surface area contributed by atoms with Crippen LogP contribution in [0.5, 0.6) is 11.5 Å². The topological polar surface area (TPSA) is 78.9 Å². The molecule has 8 heteroatoms. The van der Waals surface area contributed by atoms with Crippen molar-refractivity contribution in [3.05, 3.63) is 58.0 Å². The summed E-state index contributed by atoms with van der Waals surface area (Å²) in [6.07, 6.45) is 1.68. The van der Waals surface area contributed by atoms with E-state index in [2.05, 4.69) is 0 Å². The Morgan fingerprint density at radius 1 is 1.18 bits per heavy atom. The first kappa shape index (κ1) is 19.9. The van der Waals surface area contributed by atoms with E-state index in [4.69, 9.17) is 21.7 Å². The van der Waals surface area contributed by atoms with Crippen molar-refractivity contribution in [2.75, 3.05) is 19.1 Å². The molecule has 0 N–H and O–H groups in total. The molecule has 0 atom stereocenters. The highest BCUT2D eigenvalue weighted by Gasteiger charge is 2.33. The van der Waals surface area contributed by atoms with Crippen molar-refractivity contribution in [1.82, 2.24) is 0 Å². The quantitative estimate of drug-likeness (QED) is 0.550. The van der Waals surface area contributed by atoms with Gasteiger partial charge in [0.15, 0.2) is 4.32 Å². The van der Waals surface area contributed by atoms with E-state index in [1.807, 2.05) is 0 Å². The van der Waals surface area contributed by atoms with Crippen molar-refractivity contribution in [2.24, 2.45) is 0 Å². The van der Waals surface area contributed by atoms with Gasteiger partial charge in [-0.1, -0.05) is 30.0 Å². The van der Waals surface area contributed by atoms with Crippen molar-refractivity contribution in [3.8, 4) is 11.5 Å². The van der Waals surface area contributed by atoms with E-state index in [1.54, 1.807) is 50.4 Å². The molecule has 1 fully saturated rings. The minimum atomic E-state index is -1.30. The molecule has 2 aromatic carbocycles. The number of methoxy groups -OCH3 is 2. The van der Waals surface area contributed by atoms with Gasteiger partial charge in [-0.15, -0.1) is 0 Å². The Morgan fingerprint density at radius 2 is 1.93 bits per heavy atom. The highest BCUT2D eigenvalue weighted by atomic mass is 32.2. The third-order valence-electron chi connectivity index (χ3n) is 4.22. The zero-order valence-corrected chi connectivity index (χ0v) is 17.0. The predicted octanol–water partition coefficient (Wildman–Crippen LogP) is 2.78. The number of aryl methyl sites for hydroxylation is 1. The van der Waals surface area contributed by atoms with Crippen LogP contribution in [0.1, 0.15) is 21.5 Å². The summed E-state index contributed by atoms with van der Waals surface area (Å²) in [4.78, 5) is 26.0. The van der Waals surface area contributed by atoms with Crippen LogP contribution in [0.2, 0.25) is 0 Å². The van der Waals surface area contributed by atoms with Gasteiger partial charge in [0.2, 0.25) is 0 Å². The fourth-order valence-electron chi connectivity index (χ4n) is 2.75. The largest absolute Gasteiger partial charge is 0.545 e. The molecule has 0 radical (unpaired) electrons. The number of ether oxygens (including phenoxy) is 2. The number of anilines is 1. The van der Waals surface area contributed by atoms with Gasteiger partial charge in [-0.25, -0.2) is 0 Å². The van der Waals surface area contributed by atoms with Crippen LogP contribution in [0.15, 0.2) is 41.3 Å². The summed E-state index contributed by atoms with van der Waals surface area (Å²) >= 11 is 6.48. The van der Waals surface area contributed by atoms with Gasteiger partial charge in [0.1, 0.15) is 11.5 Å². The number of nitrogens with zero attached hydrogens (tertiary/aromatic N) is 1. The highest BCUT2D eigenvalue weighted by molar-refractivity contribution is 8.27. The Balaban J connectivity index is 2.00. The molecular weight excluding hydrogens is 398 g/mol. The van der Waals surface area contributed by atoms with Gasteiger partial charge < -0.3 is 19.4 Å². The highest BCUT2D eigenvalue weighted by Crippen LogP contribution is 2.38. The molecule has 1 heterocycles. The number of hydrogen-bond acceptors (Lipinski definition) is 7. The number of carboxylic acids is 1. The Labute approximate surface area is 171 Å². The van der Waals surface area contributed by atoms with Gasteiger partial charge in [-0.05, 0) is 48.9 Å². The fourth-order valence-corrected chi connectivity index (χ4v) is 4.04. The van der Waals surface area contributed by atoms with Crippen LogP contribution >= 0.6 is 24.0 Å². The number of carbonyl (C=O) groups is 2. The Bertz CT molecular complexity index is 1020. The summed E-state index contributed by atoms with van der Waals surface area (Å²) in [6, 6.07) is 9.93. The van der Waals surface area contributed by atoms with Crippen LogP contribution in [-0.2, 0) is 4.79 Å². The molecule has 0 spiro atoms. The molecule has 0 saturated carbocycles. The first-order valence-electron chi connectivity index (χ1n) is 8.17. The zero-order valence-electron chi connectivity index (χ0n) is 15.3. The van der Waals surface area contributed by atoms with Crippen LogP contribution in [0.3, 0.4) is 0 Å². The zero-order chi connectivity index (χ0) is 20.4. The lowest BCUT2D eigenvalue weighted by molar-refractivity contribution is -0.255. The number of carbonyl (C=O) groups excluding carboxylic acids is 2. The molecule has 2 aromatic rings. The maximum atomic E-state index is 13.0. The van der Waals surface area contributed by atoms with E-state index < -0.39 is 5.97 Å². The van der Waals surface area contributed by atoms with Gasteiger partial charge in [-0.3, -0.25) is 9.69 Å². The molecule has 0 bridgehead atoms. The Morgan fingerprint density at radius 3 is 2.57 bits per heavy atom. The van der Waals surface area contributed by atoms with E-state index in [-0.39, 0.29) is 11.5 Å². The third-order valence-corrected chi connectivity index (χ3v) is 5.52. The summed E-state index contributed by atoms with van der Waals surface area (Å²) in [5, 5.41) is 11.3. The molecule has 6 nitrogen and oxygen atoms in total. The molecule has 1 aliphatic rings. The lowest BCUT2D eigenvalue weighted by Gasteiger charge is -2.17. The smallest absolute Gasteiger partial charge is 0.270 e. The van der Waals surface area contributed by atoms with Crippen molar-refractivity contribution in [2.45, 2.75) is 6.92 Å². The molecule has 144 valence electrons. The first-order chi connectivity index (χ1) is 13.3. The molecule has 1 aliphatic heterocycles. The molecule has 1 amide bonds. The lowest BCUT2D eigenvalue weighted by atomic mass is 10.1. The van der Waals surface area contributed by atoms with Crippen LogP contribution in [-0.4, -0.2) is 30.4 Å². The monoisotopic (exact) mass is 414 g/mol. The fraction of sp³-hybridized carbons (Fsp3) is 0.150. The Hall–Kier alpha value is -2.84. The second kappa shape index (κ2) is 8.04. The molecule has 28 heavy (non-hydrogen) atoms. The minimum Gasteiger partial charge on any atom is -0.545 e. The number of aromatic carboxylic acids is 1. The normalized spacial score (nSPS) is 15.2. The molecule has 3 rings (SSSR count). The standard InChI is InChI=1S/C20H17NO5S2/c1-11-4-5-13(10-15(11)19(23)24)21-18(22)17(28-20(21)27)9-12-8-14(25-2)6-7-16(12)26-3/h4-10H,1-3H3,(H,23,24)/p-1/b17-9-. The van der Waals surface area contributed by atoms with Crippen molar-refractivity contribution in [1.29, 1.82) is 0 Å². The predicted molar refractivity (Wildman–Crippen MR) is 111 cm³/mol. The second-order valence-electron chi connectivity index (χ2n) is 5.91. The number of amides is 1. The van der Waals surface area contributed by atoms with E-state index in [9.17, 15) is 14.7 Å². The molecule has 0 aliphatic carbocycles. The summed E-state index contributed by atoms with van der Waals surface area (Å²) in [5.74, 6) is -0.435. The van der Waals surface area contributed by atoms with Crippen LogP contribution in [0, 0.1) is 6.92 Å². The molecule has 1 saturated heterocycles. The van der Waals surface area contributed by atoms with E-state index in [0.29, 0.717) is 37.5 Å². The van der Waals surface area contributed by atoms with E-state index in [0.717, 1.165) is 11.8 Å². The second-order valence-corrected chi connectivity index (χ2v) is 7.59. The lowest BCUT2D eigenvalue weighted by Crippen LogP contribution is -2.29. The number of carboxylic acid groups (broad SMARTS) is 1. The summed E-state index contributed by atoms with van der Waals surface area (Å²) in [6.45, 7) is 1.66. The average Bonchev–Trinajstić information content (AvgIpc) is 2.95. The maximum absolute atomic E-state index is 13.0. The Kier molecular flexibility index (Phi) is 5.71. The number of thioether (sulfide) groups is 1. The van der Waals surface area contributed by atoms with Crippen molar-refractivity contribution >= 4 is 51.9 Å². The number of thiocarbonyl (C=S) groups is 1. The van der Waals surface area contributed by atoms with Gasteiger partial charge in [0.25, 0.3) is 5.91 Å². The van der Waals surface area contributed by atoms with Crippen LogP contribution in [0.25, 0.3) is 6.08 Å². The molecular formula is C20H16NO5S2-. The summed E-state index contributed by atoms with van der Waals surface area (Å²) < 4.78 is 10.9. The average molecular weight is 414 g/mol. The van der Waals surface area contributed by atoms with Gasteiger partial charge in [0, 0.05) is 11.1 Å². The minimum absolute atomic E-state index is 0.0185. The van der Waals surface area contributed by atoms with E-state index >= 15 is 0 Å². The third kappa shape index (κ3) is 3.74. The van der Waals surface area contributed by atoms with Gasteiger partial charge in [0.05, 0.1) is 30.8 Å². The van der Waals surface area contributed by atoms with E-state index in [1.165, 1.54) is 18.1 Å². The number of benzene rings is 2. The van der Waals surface area contributed by atoms with Crippen LogP contribution < -0.4 is 19.5 Å². The number of rotatable bonds is 5. The summed E-state index contributed by atoms with van der Waals surface area (Å²) in [7, 11) is 3.09. The van der Waals surface area contributed by atoms with Crippen LogP contribution in [0.4, 0.5) is 5.69 Å². The maximum Gasteiger partial charge on any atom is 0.270 e. The molecule has 0 aromatic heterocycles. The van der Waals surface area contributed by atoms with Gasteiger partial charge >= 0.3 is 0 Å². The SMILES string of the molecule is COc1ccc(OC)c(/C=C2\SC(=S)N(c3ccc(C)c(C(=O)[O-])c3)C2=O)c1.